The van der Waals surface area contributed by atoms with E-state index in [2.05, 4.69) is 20.5 Å². The molecule has 0 aromatic carbocycles. The standard InChI is InChI=1S/C19H22N6O2/c26-17-9-12(11-24-7-1-5-20-24)8-15(17)23-19(27)16-10-14(13-2-3-13)22-18-4-6-21-25(16)18/h1,4-7,10,12-13,15,17,26H,2-3,8-9,11H2,(H,23,27)/t12?,15-,17-/m1/s1. The minimum atomic E-state index is -0.549. The molecule has 2 fully saturated rings. The van der Waals surface area contributed by atoms with E-state index < -0.39 is 6.10 Å². The van der Waals surface area contributed by atoms with E-state index in [-0.39, 0.29) is 17.9 Å². The third kappa shape index (κ3) is 3.21. The molecule has 140 valence electrons. The quantitative estimate of drug-likeness (QED) is 0.711. The summed E-state index contributed by atoms with van der Waals surface area (Å²) in [5, 5.41) is 21.9. The van der Waals surface area contributed by atoms with Crippen LogP contribution in [0.2, 0.25) is 0 Å². The number of fused-ring (bicyclic) bond motifs is 1. The van der Waals surface area contributed by atoms with E-state index in [9.17, 15) is 9.90 Å². The number of nitrogens with one attached hydrogen (secondary N) is 1. The Hall–Kier alpha value is -2.74. The molecule has 3 aromatic rings. The Morgan fingerprint density at radius 1 is 1.26 bits per heavy atom. The highest BCUT2D eigenvalue weighted by Crippen LogP contribution is 2.39. The Labute approximate surface area is 156 Å². The zero-order valence-corrected chi connectivity index (χ0v) is 14.9. The zero-order chi connectivity index (χ0) is 18.4. The van der Waals surface area contributed by atoms with Gasteiger partial charge >= 0.3 is 0 Å². The number of aliphatic hydroxyl groups excluding tert-OH is 1. The molecule has 8 heteroatoms. The fourth-order valence-electron chi connectivity index (χ4n) is 4.02. The van der Waals surface area contributed by atoms with E-state index in [0.717, 1.165) is 31.5 Å². The van der Waals surface area contributed by atoms with Crippen molar-refractivity contribution in [3.05, 3.63) is 48.2 Å². The first-order valence-electron chi connectivity index (χ1n) is 9.48. The SMILES string of the molecule is O=C(N[C@@H]1CC(Cn2cccn2)C[C@H]1O)c1cc(C2CC2)nc2ccnn12. The lowest BCUT2D eigenvalue weighted by atomic mass is 10.1. The van der Waals surface area contributed by atoms with Crippen molar-refractivity contribution in [1.29, 1.82) is 0 Å². The fourth-order valence-corrected chi connectivity index (χ4v) is 4.02. The number of amides is 1. The van der Waals surface area contributed by atoms with E-state index in [1.54, 1.807) is 16.9 Å². The summed E-state index contributed by atoms with van der Waals surface area (Å²) in [5.74, 6) is 0.526. The zero-order valence-electron chi connectivity index (χ0n) is 14.9. The van der Waals surface area contributed by atoms with Crippen molar-refractivity contribution < 1.29 is 9.90 Å². The molecule has 2 saturated carbocycles. The molecule has 0 saturated heterocycles. The van der Waals surface area contributed by atoms with Gasteiger partial charge in [-0.05, 0) is 43.7 Å². The van der Waals surface area contributed by atoms with Crippen LogP contribution in [0, 0.1) is 5.92 Å². The van der Waals surface area contributed by atoms with Gasteiger partial charge in [-0.1, -0.05) is 0 Å². The molecule has 1 unspecified atom stereocenters. The number of aromatic nitrogens is 5. The maximum Gasteiger partial charge on any atom is 0.270 e. The number of nitrogens with zero attached hydrogens (tertiary/aromatic N) is 5. The third-order valence-electron chi connectivity index (χ3n) is 5.55. The molecule has 2 aliphatic carbocycles. The summed E-state index contributed by atoms with van der Waals surface area (Å²) >= 11 is 0. The van der Waals surface area contributed by atoms with E-state index in [0.29, 0.717) is 23.7 Å². The van der Waals surface area contributed by atoms with Crippen LogP contribution in [0.5, 0.6) is 0 Å². The Morgan fingerprint density at radius 3 is 2.93 bits per heavy atom. The van der Waals surface area contributed by atoms with Crippen LogP contribution in [0.25, 0.3) is 5.65 Å². The minimum Gasteiger partial charge on any atom is -0.391 e. The molecule has 0 bridgehead atoms. The molecule has 3 atom stereocenters. The van der Waals surface area contributed by atoms with Gasteiger partial charge in [0.2, 0.25) is 0 Å². The van der Waals surface area contributed by atoms with Crippen LogP contribution in [0.4, 0.5) is 0 Å². The number of carbonyl (C=O) groups is 1. The van der Waals surface area contributed by atoms with Gasteiger partial charge in [0.15, 0.2) is 5.65 Å². The summed E-state index contributed by atoms with van der Waals surface area (Å²) < 4.78 is 3.45. The smallest absolute Gasteiger partial charge is 0.270 e. The molecule has 3 heterocycles. The number of hydrogen-bond acceptors (Lipinski definition) is 5. The van der Waals surface area contributed by atoms with Crippen LogP contribution in [-0.2, 0) is 6.54 Å². The summed E-state index contributed by atoms with van der Waals surface area (Å²) in [6.45, 7) is 0.751. The number of aliphatic hydroxyl groups is 1. The van der Waals surface area contributed by atoms with Gasteiger partial charge in [-0.3, -0.25) is 9.48 Å². The van der Waals surface area contributed by atoms with Gasteiger partial charge in [0.05, 0.1) is 18.3 Å². The average Bonchev–Trinajstić information content (AvgIpc) is 3.02. The molecule has 1 amide bonds. The van der Waals surface area contributed by atoms with Gasteiger partial charge in [-0.2, -0.15) is 10.2 Å². The first kappa shape index (κ1) is 16.4. The van der Waals surface area contributed by atoms with Crippen LogP contribution in [0.15, 0.2) is 36.8 Å². The van der Waals surface area contributed by atoms with Gasteiger partial charge in [0, 0.05) is 36.6 Å². The minimum absolute atomic E-state index is 0.211. The molecule has 0 spiro atoms. The van der Waals surface area contributed by atoms with Gasteiger partial charge in [-0.15, -0.1) is 0 Å². The van der Waals surface area contributed by atoms with E-state index in [1.807, 2.05) is 29.1 Å². The predicted molar refractivity (Wildman–Crippen MR) is 97.2 cm³/mol. The van der Waals surface area contributed by atoms with Crippen LogP contribution in [0.1, 0.15) is 47.8 Å². The summed E-state index contributed by atoms with van der Waals surface area (Å²) in [5.41, 5.74) is 2.12. The summed E-state index contributed by atoms with van der Waals surface area (Å²) in [7, 11) is 0. The predicted octanol–water partition coefficient (Wildman–Crippen LogP) is 1.37. The van der Waals surface area contributed by atoms with Crippen molar-refractivity contribution in [2.24, 2.45) is 5.92 Å². The third-order valence-corrected chi connectivity index (χ3v) is 5.55. The fraction of sp³-hybridized carbons (Fsp3) is 0.474. The van der Waals surface area contributed by atoms with Gasteiger partial charge in [0.1, 0.15) is 5.69 Å². The van der Waals surface area contributed by atoms with Gasteiger partial charge in [-0.25, -0.2) is 9.50 Å². The molecule has 0 radical (unpaired) electrons. The highest BCUT2D eigenvalue weighted by atomic mass is 16.3. The molecule has 2 N–H and O–H groups in total. The first-order chi connectivity index (χ1) is 13.2. The number of rotatable bonds is 5. The Bertz CT molecular complexity index is 962. The summed E-state index contributed by atoms with van der Waals surface area (Å²) in [6, 6.07) is 5.28. The summed E-state index contributed by atoms with van der Waals surface area (Å²) in [4.78, 5) is 17.6. The maximum absolute atomic E-state index is 12.9. The van der Waals surface area contributed by atoms with Crippen molar-refractivity contribution in [3.63, 3.8) is 0 Å². The maximum atomic E-state index is 12.9. The van der Waals surface area contributed by atoms with E-state index in [4.69, 9.17) is 0 Å². The Morgan fingerprint density at radius 2 is 2.15 bits per heavy atom. The van der Waals surface area contributed by atoms with Gasteiger partial charge in [0.25, 0.3) is 5.91 Å². The van der Waals surface area contributed by atoms with Crippen LogP contribution in [0.3, 0.4) is 0 Å². The van der Waals surface area contributed by atoms with Crippen molar-refractivity contribution >= 4 is 11.6 Å². The van der Waals surface area contributed by atoms with E-state index in [1.165, 1.54) is 0 Å². The number of carbonyl (C=O) groups excluding carboxylic acids is 1. The molecule has 3 aromatic heterocycles. The lowest BCUT2D eigenvalue weighted by Gasteiger charge is -2.17. The lowest BCUT2D eigenvalue weighted by molar-refractivity contribution is 0.0865. The van der Waals surface area contributed by atoms with Crippen LogP contribution < -0.4 is 5.32 Å². The molecule has 2 aliphatic rings. The Balaban J connectivity index is 1.33. The molecule has 5 rings (SSSR count). The molecule has 27 heavy (non-hydrogen) atoms. The van der Waals surface area contributed by atoms with E-state index >= 15 is 0 Å². The topological polar surface area (TPSA) is 97.3 Å². The van der Waals surface area contributed by atoms with Gasteiger partial charge < -0.3 is 10.4 Å². The monoisotopic (exact) mass is 366 g/mol. The molecule has 8 nitrogen and oxygen atoms in total. The second kappa shape index (κ2) is 6.45. The van der Waals surface area contributed by atoms with Crippen LogP contribution >= 0.6 is 0 Å². The molecule has 0 aliphatic heterocycles. The first-order valence-corrected chi connectivity index (χ1v) is 9.48. The van der Waals surface area contributed by atoms with Crippen molar-refractivity contribution in [1.82, 2.24) is 29.7 Å². The van der Waals surface area contributed by atoms with Crippen molar-refractivity contribution in [3.8, 4) is 0 Å². The average molecular weight is 366 g/mol. The molecular weight excluding hydrogens is 344 g/mol. The molecular formula is C19H22N6O2. The summed E-state index contributed by atoms with van der Waals surface area (Å²) in [6.07, 6.45) is 8.40. The van der Waals surface area contributed by atoms with Crippen molar-refractivity contribution in [2.75, 3.05) is 0 Å². The highest BCUT2D eigenvalue weighted by molar-refractivity contribution is 5.93. The largest absolute Gasteiger partial charge is 0.391 e. The second-order valence-corrected chi connectivity index (χ2v) is 7.65. The Kier molecular flexibility index (Phi) is 3.93. The highest BCUT2D eigenvalue weighted by Gasteiger charge is 2.35. The number of hydrogen-bond donors (Lipinski definition) is 2. The van der Waals surface area contributed by atoms with Crippen molar-refractivity contribution in [2.45, 2.75) is 50.3 Å². The second-order valence-electron chi connectivity index (χ2n) is 7.65. The normalized spacial score (nSPS) is 25.1. The lowest BCUT2D eigenvalue weighted by Crippen LogP contribution is -2.40. The van der Waals surface area contributed by atoms with Crippen LogP contribution in [-0.4, -0.2) is 47.5 Å².